The van der Waals surface area contributed by atoms with Crippen molar-refractivity contribution in [3.05, 3.63) is 95.6 Å². The number of nitrogens with zero attached hydrogens (tertiary/aromatic N) is 3. The number of carbonyl (C=O) groups excluding carboxylic acids is 7. The molecule has 2 atom stereocenters. The van der Waals surface area contributed by atoms with Crippen LogP contribution < -0.4 is 48.3 Å². The number of guanidine groups is 1. The number of aromatic hydroxyl groups is 1. The van der Waals surface area contributed by atoms with E-state index >= 15 is 0 Å². The van der Waals surface area contributed by atoms with Crippen LogP contribution in [0.25, 0.3) is 0 Å². The molecular formula is C45H64N12O8. The molecule has 65 heavy (non-hydrogen) atoms. The molecule has 1 unspecified atom stereocenters. The van der Waals surface area contributed by atoms with Crippen LogP contribution in [0, 0.1) is 0 Å². The first kappa shape index (κ1) is 52.1. The summed E-state index contributed by atoms with van der Waals surface area (Å²) in [6.07, 6.45) is 1.42. The van der Waals surface area contributed by atoms with Gasteiger partial charge in [0.2, 0.25) is 35.4 Å². The Hall–Kier alpha value is -7.22. The Bertz CT molecular complexity index is 2030. The maximum Gasteiger partial charge on any atom is 0.321 e. The molecule has 0 aliphatic heterocycles. The molecular weight excluding hydrogens is 837 g/mol. The molecule has 0 radical (unpaired) electrons. The number of phenols is 1. The molecule has 0 bridgehead atoms. The average molecular weight is 901 g/mol. The third kappa shape index (κ3) is 19.8. The minimum Gasteiger partial charge on any atom is -0.508 e. The zero-order valence-electron chi connectivity index (χ0n) is 37.6. The molecule has 0 spiro atoms. The van der Waals surface area contributed by atoms with Crippen molar-refractivity contribution in [3.8, 4) is 5.75 Å². The van der Waals surface area contributed by atoms with Crippen LogP contribution in [0.15, 0.2) is 83.9 Å². The number of amides is 8. The van der Waals surface area contributed by atoms with E-state index in [1.54, 1.807) is 26.1 Å². The van der Waals surface area contributed by atoms with E-state index in [9.17, 15) is 38.7 Å². The molecule has 3 rings (SSSR count). The molecule has 20 nitrogen and oxygen atoms in total. The highest BCUT2D eigenvalue weighted by atomic mass is 16.3. The van der Waals surface area contributed by atoms with Gasteiger partial charge >= 0.3 is 6.03 Å². The Morgan fingerprint density at radius 1 is 0.708 bits per heavy atom. The van der Waals surface area contributed by atoms with Crippen LogP contribution in [0.5, 0.6) is 5.75 Å². The van der Waals surface area contributed by atoms with Crippen LogP contribution in [0.4, 0.5) is 10.5 Å². The summed E-state index contributed by atoms with van der Waals surface area (Å²) in [7, 11) is 4.68. The number of aliphatic imine (C=N–C) groups is 1. The van der Waals surface area contributed by atoms with E-state index in [-0.39, 0.29) is 87.6 Å². The van der Waals surface area contributed by atoms with Gasteiger partial charge in [0.1, 0.15) is 11.8 Å². The fraction of sp³-hybridized carbons (Fsp3) is 0.422. The number of rotatable bonds is 26. The highest BCUT2D eigenvalue weighted by Gasteiger charge is 2.28. The van der Waals surface area contributed by atoms with Gasteiger partial charge in [0, 0.05) is 65.5 Å². The minimum absolute atomic E-state index is 0.0893. The molecule has 0 aliphatic carbocycles. The zero-order valence-corrected chi connectivity index (χ0v) is 37.6. The van der Waals surface area contributed by atoms with Crippen LogP contribution in [-0.4, -0.2) is 142 Å². The number of nitrogens with two attached hydrogens (primary N) is 1. The maximum atomic E-state index is 14.2. The smallest absolute Gasteiger partial charge is 0.321 e. The first-order chi connectivity index (χ1) is 31.2. The summed E-state index contributed by atoms with van der Waals surface area (Å²) in [5.74, 6) is -2.71. The predicted octanol–water partition coefficient (Wildman–Crippen LogP) is 0.300. The number of hydrogen-bond acceptors (Lipinski definition) is 11. The maximum absolute atomic E-state index is 14.2. The van der Waals surface area contributed by atoms with Crippen LogP contribution in [0.2, 0.25) is 0 Å². The van der Waals surface area contributed by atoms with Crippen molar-refractivity contribution >= 4 is 53.1 Å². The van der Waals surface area contributed by atoms with Gasteiger partial charge in [-0.3, -0.25) is 39.1 Å². The molecule has 20 heteroatoms. The van der Waals surface area contributed by atoms with Gasteiger partial charge in [-0.05, 0) is 67.3 Å². The van der Waals surface area contributed by atoms with E-state index in [1.807, 2.05) is 54.6 Å². The SMILES string of the molecule is CCC(=O)NCCNC(=O)NC(N)=NCCC[C@@H](NC(=O)C(c1ccccc1)c1ccc(NCCCNC(=O)CN(C)C(=O)CN(C)C(=O)CNC)cc1)C(=O)NCc1ccc(O)cc1. The topological polar surface area (TPSA) is 281 Å². The Morgan fingerprint density at radius 2 is 1.35 bits per heavy atom. The molecule has 0 saturated heterocycles. The van der Waals surface area contributed by atoms with Gasteiger partial charge < -0.3 is 57.9 Å². The Kier molecular flexibility index (Phi) is 22.8. The Morgan fingerprint density at radius 3 is 2.03 bits per heavy atom. The number of nitrogens with one attached hydrogen (secondary N) is 8. The lowest BCUT2D eigenvalue weighted by Gasteiger charge is -2.23. The first-order valence-corrected chi connectivity index (χ1v) is 21.5. The van der Waals surface area contributed by atoms with Gasteiger partial charge in [-0.1, -0.05) is 61.5 Å². The average Bonchev–Trinajstić information content (AvgIpc) is 3.29. The van der Waals surface area contributed by atoms with Crippen molar-refractivity contribution in [2.24, 2.45) is 10.7 Å². The molecule has 0 aromatic heterocycles. The quantitative estimate of drug-likeness (QED) is 0.0297. The standard InChI is InChI=1S/C45H64N12O8/c1-5-37(59)50-25-26-52-45(65)55-44(46)51-22-9-13-36(42(63)53-27-31-14-20-35(58)21-15-31)54-43(64)41(32-11-7-6-8-12-32)33-16-18-34(19-17-33)48-23-10-24-49-38(60)29-56(3)40(62)30-57(4)39(61)28-47-2/h6-8,11-12,14-21,36,41,47-48,58H,5,9-10,13,22-30H2,1-4H3,(H,49,60)(H,50,59)(H,53,63)(H,54,64)(H4,46,51,52,55,65)/t36-,41?/m1/s1. The van der Waals surface area contributed by atoms with Crippen molar-refractivity contribution in [2.45, 2.75) is 51.1 Å². The largest absolute Gasteiger partial charge is 0.508 e. The fourth-order valence-corrected chi connectivity index (χ4v) is 6.19. The second-order valence-corrected chi connectivity index (χ2v) is 15.1. The monoisotopic (exact) mass is 900 g/mol. The van der Waals surface area contributed by atoms with Crippen molar-refractivity contribution in [2.75, 3.05) is 78.8 Å². The number of carbonyl (C=O) groups is 7. The lowest BCUT2D eigenvalue weighted by molar-refractivity contribution is -0.139. The van der Waals surface area contributed by atoms with Gasteiger partial charge in [-0.25, -0.2) is 4.79 Å². The Balaban J connectivity index is 1.60. The second-order valence-electron chi connectivity index (χ2n) is 15.1. The lowest BCUT2D eigenvalue weighted by Crippen LogP contribution is -2.48. The van der Waals surface area contributed by atoms with Gasteiger partial charge in [0.25, 0.3) is 0 Å². The van der Waals surface area contributed by atoms with E-state index in [1.165, 1.54) is 36.0 Å². The number of urea groups is 1. The number of anilines is 1. The number of hydrogen-bond donors (Lipinski definition) is 10. The summed E-state index contributed by atoms with van der Waals surface area (Å²) in [4.78, 5) is 95.1. The molecule has 352 valence electrons. The molecule has 8 amide bonds. The van der Waals surface area contributed by atoms with Gasteiger partial charge in [-0.15, -0.1) is 0 Å². The van der Waals surface area contributed by atoms with Crippen molar-refractivity contribution in [1.82, 2.24) is 47.0 Å². The lowest BCUT2D eigenvalue weighted by atomic mass is 9.90. The second kappa shape index (κ2) is 28.5. The highest BCUT2D eigenvalue weighted by molar-refractivity contribution is 5.95. The minimum atomic E-state index is -0.972. The molecule has 11 N–H and O–H groups in total. The van der Waals surface area contributed by atoms with Crippen LogP contribution in [0.1, 0.15) is 55.2 Å². The van der Waals surface area contributed by atoms with Crippen molar-refractivity contribution in [1.29, 1.82) is 0 Å². The molecule has 3 aromatic carbocycles. The summed E-state index contributed by atoms with van der Waals surface area (Å²) < 4.78 is 0. The molecule has 0 heterocycles. The summed E-state index contributed by atoms with van der Waals surface area (Å²) >= 11 is 0. The first-order valence-electron chi connectivity index (χ1n) is 21.5. The molecule has 0 saturated carbocycles. The highest BCUT2D eigenvalue weighted by Crippen LogP contribution is 2.27. The zero-order chi connectivity index (χ0) is 47.6. The van der Waals surface area contributed by atoms with Crippen molar-refractivity contribution in [3.63, 3.8) is 0 Å². The number of likely N-dealkylation sites (N-methyl/N-ethyl adjacent to an activating group) is 3. The number of benzene rings is 3. The van der Waals surface area contributed by atoms with Gasteiger partial charge in [0.15, 0.2) is 5.96 Å². The third-order valence-electron chi connectivity index (χ3n) is 9.84. The van der Waals surface area contributed by atoms with E-state index in [0.29, 0.717) is 43.5 Å². The predicted molar refractivity (Wildman–Crippen MR) is 247 cm³/mol. The molecule has 0 fully saturated rings. The summed E-state index contributed by atoms with van der Waals surface area (Å²) in [5, 5.41) is 32.0. The third-order valence-corrected chi connectivity index (χ3v) is 9.84. The summed E-state index contributed by atoms with van der Waals surface area (Å²) in [6, 6.07) is 21.4. The van der Waals surface area contributed by atoms with E-state index in [0.717, 1.165) is 11.3 Å². The van der Waals surface area contributed by atoms with Crippen LogP contribution >= 0.6 is 0 Å². The van der Waals surface area contributed by atoms with Crippen molar-refractivity contribution < 1.29 is 38.7 Å². The summed E-state index contributed by atoms with van der Waals surface area (Å²) in [6.45, 7) is 3.17. The van der Waals surface area contributed by atoms with E-state index in [4.69, 9.17) is 5.73 Å². The van der Waals surface area contributed by atoms with Crippen LogP contribution in [-0.2, 0) is 35.3 Å². The normalized spacial score (nSPS) is 11.8. The van der Waals surface area contributed by atoms with E-state index in [2.05, 4.69) is 47.5 Å². The molecule has 0 aliphatic rings. The van der Waals surface area contributed by atoms with Crippen LogP contribution in [0.3, 0.4) is 0 Å². The van der Waals surface area contributed by atoms with Gasteiger partial charge in [0.05, 0.1) is 25.6 Å². The fourth-order valence-electron chi connectivity index (χ4n) is 6.19. The Labute approximate surface area is 379 Å². The molecule has 3 aromatic rings. The summed E-state index contributed by atoms with van der Waals surface area (Å²) in [5.41, 5.74) is 8.83. The number of phenolic OH excluding ortho intramolecular Hbond substituents is 1. The van der Waals surface area contributed by atoms with E-state index < -0.39 is 29.8 Å². The van der Waals surface area contributed by atoms with Gasteiger partial charge in [-0.2, -0.15) is 0 Å².